The molecule has 146 valence electrons. The number of rotatable bonds is 5. The number of ether oxygens (including phenoxy) is 1. The Kier molecular flexibility index (Phi) is 4.87. The molecule has 0 amide bonds. The third-order valence-electron chi connectivity index (χ3n) is 4.66. The summed E-state index contributed by atoms with van der Waals surface area (Å²) >= 11 is 0. The second-order valence-corrected chi connectivity index (χ2v) is 6.85. The molecule has 0 bridgehead atoms. The molecule has 7 heteroatoms. The molecule has 0 saturated carbocycles. The molecular formula is C22H21N5O2. The molecule has 0 spiro atoms. The maximum atomic E-state index is 8.66. The van der Waals surface area contributed by atoms with E-state index in [0.717, 1.165) is 22.7 Å². The van der Waals surface area contributed by atoms with Gasteiger partial charge < -0.3 is 19.8 Å². The number of hydrogen-bond donors (Lipinski definition) is 2. The molecule has 0 unspecified atom stereocenters. The Hall–Kier alpha value is -3.87. The van der Waals surface area contributed by atoms with Crippen molar-refractivity contribution < 1.29 is 9.94 Å². The Morgan fingerprint density at radius 1 is 1.07 bits per heavy atom. The minimum absolute atomic E-state index is 0.504. The van der Waals surface area contributed by atoms with Gasteiger partial charge in [0.15, 0.2) is 0 Å². The van der Waals surface area contributed by atoms with Gasteiger partial charge in [-0.25, -0.2) is 4.98 Å². The van der Waals surface area contributed by atoms with E-state index in [1.165, 1.54) is 17.3 Å². The van der Waals surface area contributed by atoms with Crippen molar-refractivity contribution in [3.05, 3.63) is 71.5 Å². The maximum Gasteiger partial charge on any atom is 0.208 e. The molecule has 0 aliphatic rings. The smallest absolute Gasteiger partial charge is 0.208 e. The number of pyridine rings is 1. The van der Waals surface area contributed by atoms with Gasteiger partial charge in [-0.3, -0.25) is 4.98 Å². The van der Waals surface area contributed by atoms with Crippen molar-refractivity contribution >= 4 is 28.9 Å². The van der Waals surface area contributed by atoms with Gasteiger partial charge >= 0.3 is 0 Å². The summed E-state index contributed by atoms with van der Waals surface area (Å²) in [4.78, 5) is 8.80. The first-order chi connectivity index (χ1) is 14.0. The van der Waals surface area contributed by atoms with Crippen molar-refractivity contribution in [1.29, 1.82) is 0 Å². The fourth-order valence-electron chi connectivity index (χ4n) is 3.19. The molecule has 7 nitrogen and oxygen atoms in total. The summed E-state index contributed by atoms with van der Waals surface area (Å²) in [6, 6.07) is 15.5. The molecule has 4 aromatic rings. The van der Waals surface area contributed by atoms with E-state index >= 15 is 0 Å². The zero-order valence-electron chi connectivity index (χ0n) is 16.4. The summed E-state index contributed by atoms with van der Waals surface area (Å²) in [6.45, 7) is 4.16. The number of imidazole rings is 1. The Morgan fingerprint density at radius 2 is 1.90 bits per heavy atom. The van der Waals surface area contributed by atoms with E-state index in [0.29, 0.717) is 17.2 Å². The number of nitrogens with zero attached hydrogens (tertiary/aromatic N) is 4. The van der Waals surface area contributed by atoms with Crippen LogP contribution in [0.1, 0.15) is 16.8 Å². The Bertz CT molecular complexity index is 1210. The lowest BCUT2D eigenvalue weighted by molar-refractivity contribution is 0.321. The molecular weight excluding hydrogens is 366 g/mol. The average molecular weight is 387 g/mol. The highest BCUT2D eigenvalue weighted by Crippen LogP contribution is 2.28. The first-order valence-corrected chi connectivity index (χ1v) is 9.15. The van der Waals surface area contributed by atoms with E-state index < -0.39 is 0 Å². The van der Waals surface area contributed by atoms with E-state index in [1.54, 1.807) is 18.3 Å². The normalized spacial score (nSPS) is 11.3. The summed E-state index contributed by atoms with van der Waals surface area (Å²) in [7, 11) is 1.98. The summed E-state index contributed by atoms with van der Waals surface area (Å²) in [5, 5.41) is 15.1. The monoisotopic (exact) mass is 387 g/mol. The van der Waals surface area contributed by atoms with E-state index in [4.69, 9.17) is 14.9 Å². The highest BCUT2D eigenvalue weighted by atomic mass is 16.5. The third-order valence-corrected chi connectivity index (χ3v) is 4.66. The van der Waals surface area contributed by atoms with Gasteiger partial charge in [0, 0.05) is 31.1 Å². The predicted octanol–water partition coefficient (Wildman–Crippen LogP) is 4.93. The van der Waals surface area contributed by atoms with Crippen molar-refractivity contribution in [3.63, 3.8) is 0 Å². The molecule has 0 radical (unpaired) electrons. The first kappa shape index (κ1) is 18.5. The minimum atomic E-state index is 0.504. The fraction of sp³-hybridized carbons (Fsp3) is 0.136. The Balaban J connectivity index is 1.62. The number of oxime groups is 1. The molecule has 0 aliphatic heterocycles. The van der Waals surface area contributed by atoms with E-state index in [-0.39, 0.29) is 0 Å². The van der Waals surface area contributed by atoms with Crippen molar-refractivity contribution in [2.24, 2.45) is 12.2 Å². The number of hydrogen-bond acceptors (Lipinski definition) is 6. The third kappa shape index (κ3) is 3.89. The molecule has 0 atom stereocenters. The number of fused-ring (bicyclic) bond motifs is 1. The van der Waals surface area contributed by atoms with Gasteiger partial charge in [-0.1, -0.05) is 22.9 Å². The van der Waals surface area contributed by atoms with E-state index in [2.05, 4.69) is 47.5 Å². The second-order valence-electron chi connectivity index (χ2n) is 6.85. The molecule has 2 aromatic heterocycles. The average Bonchev–Trinajstić information content (AvgIpc) is 2.99. The number of aryl methyl sites for hydroxylation is 3. The maximum absolute atomic E-state index is 8.66. The summed E-state index contributed by atoms with van der Waals surface area (Å²) in [6.07, 6.45) is 2.84. The standard InChI is InChI=1S/C22H21N5O2/c1-14-4-6-19(15(2)10-14)25-22-26-20-12-17(5-7-21(20)27(22)3)29-18-8-9-23-16(11-18)13-24-28/h4-13,28H,1-3H3,(H,25,26). The minimum Gasteiger partial charge on any atom is -0.457 e. The van der Waals surface area contributed by atoms with Gasteiger partial charge in [0.05, 0.1) is 22.9 Å². The van der Waals surface area contributed by atoms with Crippen LogP contribution in [0, 0.1) is 13.8 Å². The number of nitrogens with one attached hydrogen (secondary N) is 1. The highest BCUT2D eigenvalue weighted by molar-refractivity contribution is 5.81. The van der Waals surface area contributed by atoms with Crippen LogP contribution in [0.15, 0.2) is 59.9 Å². The molecule has 0 fully saturated rings. The second kappa shape index (κ2) is 7.63. The van der Waals surface area contributed by atoms with Gasteiger partial charge in [0.1, 0.15) is 11.5 Å². The van der Waals surface area contributed by atoms with Gasteiger partial charge in [-0.15, -0.1) is 0 Å². The van der Waals surface area contributed by atoms with Crippen LogP contribution in [0.25, 0.3) is 11.0 Å². The molecule has 2 heterocycles. The van der Waals surface area contributed by atoms with Crippen LogP contribution in [-0.2, 0) is 7.05 Å². The van der Waals surface area contributed by atoms with Crippen molar-refractivity contribution in [1.82, 2.24) is 14.5 Å². The number of aromatic nitrogens is 3. The van der Waals surface area contributed by atoms with Gasteiger partial charge in [-0.05, 0) is 43.7 Å². The van der Waals surface area contributed by atoms with Crippen LogP contribution in [0.2, 0.25) is 0 Å². The Morgan fingerprint density at radius 3 is 2.69 bits per heavy atom. The Labute approximate surface area is 168 Å². The quantitative estimate of drug-likeness (QED) is 0.288. The van der Waals surface area contributed by atoms with Gasteiger partial charge in [0.2, 0.25) is 5.95 Å². The lowest BCUT2D eigenvalue weighted by atomic mass is 10.1. The zero-order chi connectivity index (χ0) is 20.4. The topological polar surface area (TPSA) is 84.6 Å². The molecule has 0 saturated heterocycles. The summed E-state index contributed by atoms with van der Waals surface area (Å²) in [5.74, 6) is 2.01. The van der Waals surface area contributed by atoms with Crippen molar-refractivity contribution in [2.45, 2.75) is 13.8 Å². The lowest BCUT2D eigenvalue weighted by Gasteiger charge is -2.09. The first-order valence-electron chi connectivity index (χ1n) is 9.15. The van der Waals surface area contributed by atoms with Crippen LogP contribution in [0.4, 0.5) is 11.6 Å². The highest BCUT2D eigenvalue weighted by Gasteiger charge is 2.11. The molecule has 0 aliphatic carbocycles. The lowest BCUT2D eigenvalue weighted by Crippen LogP contribution is -2.00. The zero-order valence-corrected chi connectivity index (χ0v) is 16.4. The van der Waals surface area contributed by atoms with Crippen LogP contribution in [0.5, 0.6) is 11.5 Å². The SMILES string of the molecule is Cc1ccc(Nc2nc3cc(Oc4ccnc(C=NO)c4)ccc3n2C)c(C)c1. The number of anilines is 2. The molecule has 4 rings (SSSR count). The summed E-state index contributed by atoms with van der Waals surface area (Å²) in [5.41, 5.74) is 5.74. The van der Waals surface area contributed by atoms with E-state index in [9.17, 15) is 0 Å². The number of benzene rings is 2. The predicted molar refractivity (Wildman–Crippen MR) is 114 cm³/mol. The molecule has 29 heavy (non-hydrogen) atoms. The van der Waals surface area contributed by atoms with Crippen LogP contribution >= 0.6 is 0 Å². The van der Waals surface area contributed by atoms with Crippen molar-refractivity contribution in [3.8, 4) is 11.5 Å². The van der Waals surface area contributed by atoms with Gasteiger partial charge in [-0.2, -0.15) is 0 Å². The fourth-order valence-corrected chi connectivity index (χ4v) is 3.19. The largest absolute Gasteiger partial charge is 0.457 e. The van der Waals surface area contributed by atoms with Crippen LogP contribution in [0.3, 0.4) is 0 Å². The van der Waals surface area contributed by atoms with Crippen LogP contribution < -0.4 is 10.1 Å². The molecule has 2 N–H and O–H groups in total. The molecule has 2 aromatic carbocycles. The van der Waals surface area contributed by atoms with Crippen molar-refractivity contribution in [2.75, 3.05) is 5.32 Å². The van der Waals surface area contributed by atoms with E-state index in [1.807, 2.05) is 29.8 Å². The summed E-state index contributed by atoms with van der Waals surface area (Å²) < 4.78 is 7.93. The van der Waals surface area contributed by atoms with Gasteiger partial charge in [0.25, 0.3) is 0 Å². The van der Waals surface area contributed by atoms with Crippen LogP contribution in [-0.4, -0.2) is 26.0 Å².